The number of nitriles is 1. The highest BCUT2D eigenvalue weighted by atomic mass is 35.5. The lowest BCUT2D eigenvalue weighted by Crippen LogP contribution is -2.00. The van der Waals surface area contributed by atoms with Gasteiger partial charge < -0.3 is 5.11 Å². The fourth-order valence-corrected chi connectivity index (χ4v) is 1.43. The molecule has 0 aliphatic rings. The van der Waals surface area contributed by atoms with E-state index in [0.29, 0.717) is 17.0 Å². The SMILES string of the molecule is N#CCC=Cc1ccc(Cl)c(CC(=O)O)c1. The van der Waals surface area contributed by atoms with Crippen molar-refractivity contribution in [2.75, 3.05) is 0 Å². The van der Waals surface area contributed by atoms with Gasteiger partial charge in [0.15, 0.2) is 0 Å². The molecule has 0 atom stereocenters. The Morgan fingerprint density at radius 2 is 2.31 bits per heavy atom. The summed E-state index contributed by atoms with van der Waals surface area (Å²) in [6.07, 6.45) is 3.72. The second kappa shape index (κ2) is 5.94. The van der Waals surface area contributed by atoms with E-state index in [9.17, 15) is 4.79 Å². The van der Waals surface area contributed by atoms with Crippen LogP contribution in [0.3, 0.4) is 0 Å². The number of halogens is 1. The summed E-state index contributed by atoms with van der Waals surface area (Å²) in [5, 5.41) is 17.5. The molecule has 0 aliphatic heterocycles. The average molecular weight is 236 g/mol. The molecule has 4 heteroatoms. The van der Waals surface area contributed by atoms with Gasteiger partial charge in [0, 0.05) is 5.02 Å². The lowest BCUT2D eigenvalue weighted by molar-refractivity contribution is -0.136. The molecule has 16 heavy (non-hydrogen) atoms. The quantitative estimate of drug-likeness (QED) is 0.873. The first-order valence-electron chi connectivity index (χ1n) is 4.67. The Morgan fingerprint density at radius 1 is 1.56 bits per heavy atom. The molecule has 0 aliphatic carbocycles. The van der Waals surface area contributed by atoms with Crippen LogP contribution in [0.4, 0.5) is 0 Å². The summed E-state index contributed by atoms with van der Waals surface area (Å²) in [6, 6.07) is 7.14. The topological polar surface area (TPSA) is 61.1 Å². The van der Waals surface area contributed by atoms with Crippen LogP contribution in [0.25, 0.3) is 6.08 Å². The number of allylic oxidation sites excluding steroid dienone is 1. The van der Waals surface area contributed by atoms with Gasteiger partial charge in [0.1, 0.15) is 0 Å². The fraction of sp³-hybridized carbons (Fsp3) is 0.167. The predicted molar refractivity (Wildman–Crippen MR) is 62.1 cm³/mol. The van der Waals surface area contributed by atoms with E-state index < -0.39 is 5.97 Å². The molecule has 0 bridgehead atoms. The molecule has 0 saturated carbocycles. The zero-order chi connectivity index (χ0) is 12.0. The molecular formula is C12H10ClNO2. The molecular weight excluding hydrogens is 226 g/mol. The van der Waals surface area contributed by atoms with Gasteiger partial charge in [0.25, 0.3) is 0 Å². The molecule has 0 amide bonds. The highest BCUT2D eigenvalue weighted by Gasteiger charge is 2.05. The van der Waals surface area contributed by atoms with E-state index in [4.69, 9.17) is 22.0 Å². The van der Waals surface area contributed by atoms with E-state index in [1.165, 1.54) is 0 Å². The molecule has 1 N–H and O–H groups in total. The van der Waals surface area contributed by atoms with Crippen LogP contribution in [0.5, 0.6) is 0 Å². The number of nitrogens with zero attached hydrogens (tertiary/aromatic N) is 1. The molecule has 1 rings (SSSR count). The van der Waals surface area contributed by atoms with Crippen molar-refractivity contribution >= 4 is 23.6 Å². The minimum atomic E-state index is -0.917. The van der Waals surface area contributed by atoms with Crippen LogP contribution in [-0.4, -0.2) is 11.1 Å². The molecule has 3 nitrogen and oxygen atoms in total. The first kappa shape index (κ1) is 12.3. The maximum absolute atomic E-state index is 10.6. The Morgan fingerprint density at radius 3 is 2.94 bits per heavy atom. The summed E-state index contributed by atoms with van der Waals surface area (Å²) in [7, 11) is 0. The summed E-state index contributed by atoms with van der Waals surface area (Å²) in [4.78, 5) is 10.6. The first-order chi connectivity index (χ1) is 7.63. The van der Waals surface area contributed by atoms with Crippen molar-refractivity contribution in [1.29, 1.82) is 5.26 Å². The standard InChI is InChI=1S/C12H10ClNO2/c13-11-5-4-9(3-1-2-6-14)7-10(11)8-12(15)16/h1,3-5,7H,2,8H2,(H,15,16). The van der Waals surface area contributed by atoms with E-state index in [1.807, 2.05) is 6.07 Å². The minimum absolute atomic E-state index is 0.0984. The maximum Gasteiger partial charge on any atom is 0.307 e. The van der Waals surface area contributed by atoms with Crippen molar-refractivity contribution in [3.05, 3.63) is 40.4 Å². The van der Waals surface area contributed by atoms with Crippen LogP contribution in [0.1, 0.15) is 17.5 Å². The third-order valence-corrected chi connectivity index (χ3v) is 2.30. The van der Waals surface area contributed by atoms with Gasteiger partial charge in [-0.3, -0.25) is 4.79 Å². The van der Waals surface area contributed by atoms with E-state index in [-0.39, 0.29) is 6.42 Å². The molecule has 0 heterocycles. The first-order valence-corrected chi connectivity index (χ1v) is 5.05. The molecule has 0 spiro atoms. The van der Waals surface area contributed by atoms with Crippen LogP contribution in [0, 0.1) is 11.3 Å². The average Bonchev–Trinajstić information content (AvgIpc) is 2.22. The van der Waals surface area contributed by atoms with Crippen molar-refractivity contribution in [3.8, 4) is 6.07 Å². The van der Waals surface area contributed by atoms with Crippen molar-refractivity contribution in [2.24, 2.45) is 0 Å². The predicted octanol–water partition coefficient (Wildman–Crippen LogP) is 2.89. The number of carboxylic acid groups (broad SMARTS) is 1. The molecule has 82 valence electrons. The van der Waals surface area contributed by atoms with Crippen LogP contribution >= 0.6 is 11.6 Å². The summed E-state index contributed by atoms with van der Waals surface area (Å²) in [5.74, 6) is -0.917. The third kappa shape index (κ3) is 3.76. The van der Waals surface area contributed by atoms with Gasteiger partial charge in [0.05, 0.1) is 18.9 Å². The number of aliphatic carboxylic acids is 1. The van der Waals surface area contributed by atoms with E-state index in [2.05, 4.69) is 0 Å². The van der Waals surface area contributed by atoms with Crippen LogP contribution in [0.2, 0.25) is 5.02 Å². The number of hydrogen-bond donors (Lipinski definition) is 1. The lowest BCUT2D eigenvalue weighted by atomic mass is 10.1. The van der Waals surface area contributed by atoms with Crippen LogP contribution in [0.15, 0.2) is 24.3 Å². The highest BCUT2D eigenvalue weighted by molar-refractivity contribution is 6.31. The number of rotatable bonds is 4. The molecule has 1 aromatic rings. The van der Waals surface area contributed by atoms with Crippen LogP contribution in [-0.2, 0) is 11.2 Å². The molecule has 0 aromatic heterocycles. The van der Waals surface area contributed by atoms with E-state index in [0.717, 1.165) is 5.56 Å². The smallest absolute Gasteiger partial charge is 0.307 e. The second-order valence-corrected chi connectivity index (χ2v) is 3.59. The molecule has 1 aromatic carbocycles. The molecule has 0 radical (unpaired) electrons. The molecule has 0 fully saturated rings. The number of hydrogen-bond acceptors (Lipinski definition) is 2. The van der Waals surface area contributed by atoms with Gasteiger partial charge in [-0.05, 0) is 23.3 Å². The monoisotopic (exact) mass is 235 g/mol. The number of carboxylic acids is 1. The number of benzene rings is 1. The van der Waals surface area contributed by atoms with Crippen molar-refractivity contribution in [3.63, 3.8) is 0 Å². The van der Waals surface area contributed by atoms with E-state index in [1.54, 1.807) is 30.4 Å². The van der Waals surface area contributed by atoms with Crippen molar-refractivity contribution in [2.45, 2.75) is 12.8 Å². The summed E-state index contributed by atoms with van der Waals surface area (Å²) < 4.78 is 0. The zero-order valence-corrected chi connectivity index (χ0v) is 9.24. The van der Waals surface area contributed by atoms with Crippen molar-refractivity contribution < 1.29 is 9.90 Å². The van der Waals surface area contributed by atoms with Crippen molar-refractivity contribution in [1.82, 2.24) is 0 Å². The minimum Gasteiger partial charge on any atom is -0.481 e. The third-order valence-electron chi connectivity index (χ3n) is 1.93. The van der Waals surface area contributed by atoms with Gasteiger partial charge in [-0.1, -0.05) is 29.8 Å². The van der Waals surface area contributed by atoms with Gasteiger partial charge >= 0.3 is 5.97 Å². The lowest BCUT2D eigenvalue weighted by Gasteiger charge is -2.02. The van der Waals surface area contributed by atoms with Gasteiger partial charge in [-0.2, -0.15) is 5.26 Å². The Kier molecular flexibility index (Phi) is 4.56. The zero-order valence-electron chi connectivity index (χ0n) is 8.48. The maximum atomic E-state index is 10.6. The van der Waals surface area contributed by atoms with Crippen LogP contribution < -0.4 is 0 Å². The van der Waals surface area contributed by atoms with E-state index >= 15 is 0 Å². The van der Waals surface area contributed by atoms with Gasteiger partial charge in [-0.15, -0.1) is 0 Å². The molecule has 0 unspecified atom stereocenters. The Bertz CT molecular complexity index is 461. The van der Waals surface area contributed by atoms with Gasteiger partial charge in [0.2, 0.25) is 0 Å². The molecule has 0 saturated heterocycles. The summed E-state index contributed by atoms with van der Waals surface area (Å²) in [5.41, 5.74) is 1.42. The normalized spacial score (nSPS) is 10.2. The van der Waals surface area contributed by atoms with Gasteiger partial charge in [-0.25, -0.2) is 0 Å². The largest absolute Gasteiger partial charge is 0.481 e. The Hall–Kier alpha value is -1.79. The highest BCUT2D eigenvalue weighted by Crippen LogP contribution is 2.19. The second-order valence-electron chi connectivity index (χ2n) is 3.19. The Balaban J connectivity index is 2.89. The fourth-order valence-electron chi connectivity index (χ4n) is 1.24. The summed E-state index contributed by atoms with van der Waals surface area (Å²) in [6.45, 7) is 0. The number of carbonyl (C=O) groups is 1. The summed E-state index contributed by atoms with van der Waals surface area (Å²) >= 11 is 5.86. The Labute approximate surface area is 98.6 Å².